The van der Waals surface area contributed by atoms with Crippen molar-refractivity contribution < 1.29 is 4.79 Å². The van der Waals surface area contributed by atoms with Crippen molar-refractivity contribution in [1.82, 2.24) is 4.90 Å². The molecule has 20 heavy (non-hydrogen) atoms. The number of amides is 1. The normalized spacial score (nSPS) is 16.6. The zero-order chi connectivity index (χ0) is 13.8. The zero-order valence-corrected chi connectivity index (χ0v) is 13.1. The number of anilines is 1. The number of carbonyl (C=O) groups excluding carboxylic acids is 1. The van der Waals surface area contributed by atoms with Gasteiger partial charge in [-0.05, 0) is 37.5 Å². The molecule has 0 aliphatic carbocycles. The first-order chi connectivity index (χ1) is 9.04. The van der Waals surface area contributed by atoms with Gasteiger partial charge in [0.2, 0.25) is 5.91 Å². The van der Waals surface area contributed by atoms with E-state index in [4.69, 9.17) is 17.3 Å². The van der Waals surface area contributed by atoms with Crippen LogP contribution in [0, 0.1) is 6.92 Å². The van der Waals surface area contributed by atoms with Gasteiger partial charge in [0.05, 0.1) is 17.3 Å². The van der Waals surface area contributed by atoms with E-state index in [2.05, 4.69) is 10.2 Å². The second kappa shape index (κ2) is 7.84. The summed E-state index contributed by atoms with van der Waals surface area (Å²) < 4.78 is 0. The van der Waals surface area contributed by atoms with Gasteiger partial charge in [-0.2, -0.15) is 0 Å². The lowest BCUT2D eigenvalue weighted by Gasteiger charge is -2.29. The van der Waals surface area contributed by atoms with E-state index in [-0.39, 0.29) is 24.4 Å². The number of hydrogen-bond donors (Lipinski definition) is 2. The van der Waals surface area contributed by atoms with E-state index in [1.807, 2.05) is 25.1 Å². The van der Waals surface area contributed by atoms with Crippen molar-refractivity contribution >= 4 is 35.6 Å². The number of nitrogens with two attached hydrogens (primary N) is 1. The molecule has 1 aromatic rings. The molecule has 1 aliphatic heterocycles. The Morgan fingerprint density at radius 2 is 2.10 bits per heavy atom. The van der Waals surface area contributed by atoms with Crippen LogP contribution in [0.4, 0.5) is 5.69 Å². The highest BCUT2D eigenvalue weighted by atomic mass is 35.5. The van der Waals surface area contributed by atoms with Crippen molar-refractivity contribution in [2.24, 2.45) is 5.73 Å². The van der Waals surface area contributed by atoms with Gasteiger partial charge in [-0.3, -0.25) is 9.69 Å². The van der Waals surface area contributed by atoms with Gasteiger partial charge in [0, 0.05) is 19.1 Å². The van der Waals surface area contributed by atoms with Gasteiger partial charge in [0.25, 0.3) is 0 Å². The zero-order valence-electron chi connectivity index (χ0n) is 11.6. The fourth-order valence-corrected chi connectivity index (χ4v) is 2.51. The van der Waals surface area contributed by atoms with E-state index in [1.54, 1.807) is 0 Å². The smallest absolute Gasteiger partial charge is 0.238 e. The number of likely N-dealkylation sites (tertiary alicyclic amines) is 1. The summed E-state index contributed by atoms with van der Waals surface area (Å²) in [4.78, 5) is 14.1. The van der Waals surface area contributed by atoms with Crippen molar-refractivity contribution in [2.75, 3.05) is 25.0 Å². The Morgan fingerprint density at radius 1 is 1.45 bits per heavy atom. The second-order valence-electron chi connectivity index (χ2n) is 5.15. The fraction of sp³-hybridized carbons (Fsp3) is 0.500. The summed E-state index contributed by atoms with van der Waals surface area (Å²) in [6.45, 7) is 4.14. The highest BCUT2D eigenvalue weighted by Gasteiger charge is 2.18. The molecule has 0 unspecified atom stereocenters. The number of piperidine rings is 1. The molecule has 1 saturated heterocycles. The van der Waals surface area contributed by atoms with Crippen molar-refractivity contribution in [3.05, 3.63) is 28.8 Å². The van der Waals surface area contributed by atoms with Crippen LogP contribution in [0.5, 0.6) is 0 Å². The lowest BCUT2D eigenvalue weighted by molar-refractivity contribution is -0.117. The first-order valence-corrected chi connectivity index (χ1v) is 6.96. The summed E-state index contributed by atoms with van der Waals surface area (Å²) in [5.74, 6) is -0.0266. The average molecular weight is 318 g/mol. The fourth-order valence-electron chi connectivity index (χ4n) is 2.23. The molecule has 1 aliphatic rings. The van der Waals surface area contributed by atoms with E-state index >= 15 is 0 Å². The second-order valence-corrected chi connectivity index (χ2v) is 5.55. The molecule has 112 valence electrons. The molecule has 6 heteroatoms. The van der Waals surface area contributed by atoms with Gasteiger partial charge in [0.1, 0.15) is 0 Å². The van der Waals surface area contributed by atoms with Crippen molar-refractivity contribution in [3.63, 3.8) is 0 Å². The molecule has 0 atom stereocenters. The molecule has 0 saturated carbocycles. The molecule has 0 bridgehead atoms. The van der Waals surface area contributed by atoms with Crippen molar-refractivity contribution in [1.29, 1.82) is 0 Å². The number of rotatable bonds is 3. The molecule has 3 N–H and O–H groups in total. The molecule has 4 nitrogen and oxygen atoms in total. The highest BCUT2D eigenvalue weighted by molar-refractivity contribution is 6.33. The third-order valence-corrected chi connectivity index (χ3v) is 3.71. The monoisotopic (exact) mass is 317 g/mol. The molecule has 0 aromatic heterocycles. The Morgan fingerprint density at radius 3 is 2.70 bits per heavy atom. The van der Waals surface area contributed by atoms with Crippen LogP contribution < -0.4 is 11.1 Å². The van der Waals surface area contributed by atoms with E-state index in [0.29, 0.717) is 17.3 Å². The Kier molecular flexibility index (Phi) is 6.76. The molecular weight excluding hydrogens is 297 g/mol. The summed E-state index contributed by atoms with van der Waals surface area (Å²) in [5.41, 5.74) is 7.59. The maximum atomic E-state index is 12.0. The van der Waals surface area contributed by atoms with E-state index in [9.17, 15) is 4.79 Å². The van der Waals surface area contributed by atoms with E-state index in [0.717, 1.165) is 31.5 Å². The Balaban J connectivity index is 0.00000200. The summed E-state index contributed by atoms with van der Waals surface area (Å²) in [6, 6.07) is 5.89. The number of aryl methyl sites for hydroxylation is 1. The first-order valence-electron chi connectivity index (χ1n) is 6.58. The van der Waals surface area contributed by atoms with Gasteiger partial charge >= 0.3 is 0 Å². The maximum Gasteiger partial charge on any atom is 0.238 e. The SMILES string of the molecule is Cc1ccc(NC(=O)CN2CCC(N)CC2)c(Cl)c1.Cl. The summed E-state index contributed by atoms with van der Waals surface area (Å²) in [7, 11) is 0. The number of nitrogens with zero attached hydrogens (tertiary/aromatic N) is 1. The Bertz CT molecular complexity index is 460. The molecule has 0 spiro atoms. The number of hydrogen-bond acceptors (Lipinski definition) is 3. The van der Waals surface area contributed by atoms with Crippen molar-refractivity contribution in [3.8, 4) is 0 Å². The van der Waals surface area contributed by atoms with Gasteiger partial charge in [-0.15, -0.1) is 12.4 Å². The Labute approximate surface area is 131 Å². The summed E-state index contributed by atoms with van der Waals surface area (Å²) >= 11 is 6.09. The predicted molar refractivity (Wildman–Crippen MR) is 85.7 cm³/mol. The van der Waals surface area contributed by atoms with Crippen LogP contribution in [0.3, 0.4) is 0 Å². The first kappa shape index (κ1) is 17.2. The lowest BCUT2D eigenvalue weighted by Crippen LogP contribution is -2.43. The van der Waals surface area contributed by atoms with E-state index in [1.165, 1.54) is 0 Å². The predicted octanol–water partition coefficient (Wildman–Crippen LogP) is 2.43. The standard InChI is InChI=1S/C14H20ClN3O.ClH/c1-10-2-3-13(12(15)8-10)17-14(19)9-18-6-4-11(16)5-7-18;/h2-3,8,11H,4-7,9,16H2,1H3,(H,17,19);1H. The van der Waals surface area contributed by atoms with E-state index < -0.39 is 0 Å². The van der Waals surface area contributed by atoms with Gasteiger partial charge in [-0.25, -0.2) is 0 Å². The largest absolute Gasteiger partial charge is 0.328 e. The number of carbonyl (C=O) groups is 1. The summed E-state index contributed by atoms with van der Waals surface area (Å²) in [6.07, 6.45) is 1.91. The Hall–Kier alpha value is -0.810. The molecular formula is C14H21Cl2N3O. The quantitative estimate of drug-likeness (QED) is 0.900. The van der Waals surface area contributed by atoms with Gasteiger partial charge < -0.3 is 11.1 Å². The minimum absolute atomic E-state index is 0. The third kappa shape index (κ3) is 4.94. The average Bonchev–Trinajstić information content (AvgIpc) is 2.36. The molecule has 2 rings (SSSR count). The molecule has 0 radical (unpaired) electrons. The minimum Gasteiger partial charge on any atom is -0.328 e. The van der Waals surface area contributed by atoms with Gasteiger partial charge in [0.15, 0.2) is 0 Å². The molecule has 1 fully saturated rings. The minimum atomic E-state index is -0.0266. The lowest BCUT2D eigenvalue weighted by atomic mass is 10.1. The van der Waals surface area contributed by atoms with Crippen LogP contribution in [-0.2, 0) is 4.79 Å². The van der Waals surface area contributed by atoms with Gasteiger partial charge in [-0.1, -0.05) is 17.7 Å². The number of benzene rings is 1. The van der Waals surface area contributed by atoms with Crippen LogP contribution in [0.2, 0.25) is 5.02 Å². The topological polar surface area (TPSA) is 58.4 Å². The highest BCUT2D eigenvalue weighted by Crippen LogP contribution is 2.22. The molecule has 1 heterocycles. The van der Waals surface area contributed by atoms with Crippen molar-refractivity contribution in [2.45, 2.75) is 25.8 Å². The van der Waals surface area contributed by atoms with Crippen LogP contribution in [0.25, 0.3) is 0 Å². The third-order valence-electron chi connectivity index (χ3n) is 3.40. The molecule has 1 aromatic carbocycles. The van der Waals surface area contributed by atoms with Crippen LogP contribution in [0.15, 0.2) is 18.2 Å². The van der Waals surface area contributed by atoms with Crippen LogP contribution in [0.1, 0.15) is 18.4 Å². The number of halogens is 2. The number of nitrogens with one attached hydrogen (secondary N) is 1. The summed E-state index contributed by atoms with van der Waals surface area (Å²) in [5, 5.41) is 3.43. The molecule has 1 amide bonds. The van der Waals surface area contributed by atoms with Crippen LogP contribution >= 0.6 is 24.0 Å². The van der Waals surface area contributed by atoms with Crippen LogP contribution in [-0.4, -0.2) is 36.5 Å². The maximum absolute atomic E-state index is 12.0.